The molecule has 1 heterocycles. The molecule has 4 nitrogen and oxygen atoms in total. The number of hydrogen-bond acceptors (Lipinski definition) is 4. The van der Waals surface area contributed by atoms with Gasteiger partial charge in [0.1, 0.15) is 0 Å². The highest BCUT2D eigenvalue weighted by Gasteiger charge is 2.45. The maximum absolute atomic E-state index is 9.75. The third kappa shape index (κ3) is 2.85. The number of nitriles is 1. The van der Waals surface area contributed by atoms with E-state index in [0.29, 0.717) is 19.1 Å². The molecule has 0 saturated carbocycles. The van der Waals surface area contributed by atoms with E-state index in [0.717, 1.165) is 5.56 Å². The Morgan fingerprint density at radius 1 is 1.45 bits per heavy atom. The Balaban J connectivity index is 2.31. The summed E-state index contributed by atoms with van der Waals surface area (Å²) >= 11 is 0. The molecule has 1 aromatic carbocycles. The molecule has 1 aromatic rings. The predicted octanol–water partition coefficient (Wildman–Crippen LogP) is 1.80. The zero-order valence-electron chi connectivity index (χ0n) is 12.1. The van der Waals surface area contributed by atoms with Gasteiger partial charge in [-0.3, -0.25) is 4.90 Å². The van der Waals surface area contributed by atoms with E-state index in [1.54, 1.807) is 0 Å². The van der Waals surface area contributed by atoms with Crippen LogP contribution in [-0.4, -0.2) is 41.4 Å². The minimum atomic E-state index is -0.941. The molecule has 0 aromatic heterocycles. The van der Waals surface area contributed by atoms with Crippen molar-refractivity contribution in [2.24, 2.45) is 5.92 Å². The normalized spacial score (nSPS) is 27.4. The molecular weight excluding hydrogens is 252 g/mol. The third-order valence-electron chi connectivity index (χ3n) is 4.01. The Labute approximate surface area is 120 Å². The SMILES string of the molecule is CC(C)[C@H]1COC[C@](C#N)(CO)N1Cc1ccccc1. The van der Waals surface area contributed by atoms with Gasteiger partial charge in [-0.05, 0) is 11.5 Å². The molecule has 1 fully saturated rings. The van der Waals surface area contributed by atoms with Gasteiger partial charge in [0, 0.05) is 12.6 Å². The fourth-order valence-corrected chi connectivity index (χ4v) is 2.71. The summed E-state index contributed by atoms with van der Waals surface area (Å²) in [6, 6.07) is 12.5. The first-order valence-electron chi connectivity index (χ1n) is 7.03. The summed E-state index contributed by atoms with van der Waals surface area (Å²) in [7, 11) is 0. The van der Waals surface area contributed by atoms with Gasteiger partial charge in [-0.1, -0.05) is 44.2 Å². The molecule has 2 rings (SSSR count). The van der Waals surface area contributed by atoms with Crippen molar-refractivity contribution < 1.29 is 9.84 Å². The van der Waals surface area contributed by atoms with Crippen molar-refractivity contribution in [3.8, 4) is 6.07 Å². The first-order valence-corrected chi connectivity index (χ1v) is 7.03. The average molecular weight is 274 g/mol. The summed E-state index contributed by atoms with van der Waals surface area (Å²) in [6.07, 6.45) is 0. The van der Waals surface area contributed by atoms with Crippen LogP contribution in [0.5, 0.6) is 0 Å². The molecular formula is C16H22N2O2. The molecule has 1 aliphatic heterocycles. The predicted molar refractivity (Wildman–Crippen MR) is 76.9 cm³/mol. The van der Waals surface area contributed by atoms with E-state index >= 15 is 0 Å². The third-order valence-corrected chi connectivity index (χ3v) is 4.01. The van der Waals surface area contributed by atoms with Crippen molar-refractivity contribution in [1.29, 1.82) is 5.26 Å². The van der Waals surface area contributed by atoms with Gasteiger partial charge in [0.25, 0.3) is 0 Å². The molecule has 1 aliphatic rings. The van der Waals surface area contributed by atoms with Gasteiger partial charge in [0.2, 0.25) is 0 Å². The summed E-state index contributed by atoms with van der Waals surface area (Å²) in [6.45, 7) is 5.55. The van der Waals surface area contributed by atoms with Crippen molar-refractivity contribution in [2.75, 3.05) is 19.8 Å². The van der Waals surface area contributed by atoms with Crippen LogP contribution in [0.3, 0.4) is 0 Å². The summed E-state index contributed by atoms with van der Waals surface area (Å²) in [5.41, 5.74) is 0.205. The van der Waals surface area contributed by atoms with Crippen molar-refractivity contribution in [3.05, 3.63) is 35.9 Å². The van der Waals surface area contributed by atoms with E-state index in [-0.39, 0.29) is 19.3 Å². The number of nitrogens with zero attached hydrogens (tertiary/aromatic N) is 2. The lowest BCUT2D eigenvalue weighted by molar-refractivity contribution is -0.114. The van der Waals surface area contributed by atoms with Gasteiger partial charge in [0.15, 0.2) is 5.54 Å². The first kappa shape index (κ1) is 15.0. The first-order chi connectivity index (χ1) is 9.63. The number of rotatable bonds is 4. The average Bonchev–Trinajstić information content (AvgIpc) is 2.48. The van der Waals surface area contributed by atoms with Crippen LogP contribution in [0.25, 0.3) is 0 Å². The summed E-state index contributed by atoms with van der Waals surface area (Å²) in [5, 5.41) is 19.3. The number of ether oxygens (including phenoxy) is 1. The highest BCUT2D eigenvalue weighted by molar-refractivity contribution is 5.19. The number of morpholine rings is 1. The molecule has 0 aliphatic carbocycles. The van der Waals surface area contributed by atoms with Gasteiger partial charge in [-0.25, -0.2) is 0 Å². The van der Waals surface area contributed by atoms with Crippen molar-refractivity contribution in [1.82, 2.24) is 4.90 Å². The second kappa shape index (κ2) is 6.36. The van der Waals surface area contributed by atoms with Gasteiger partial charge < -0.3 is 9.84 Å². The molecule has 2 atom stereocenters. The standard InChI is InChI=1S/C16H22N2O2/c1-13(2)15-9-20-12-16(10-17,11-19)18(15)8-14-6-4-3-5-7-14/h3-7,13,15,19H,8-9,11-12H2,1-2H3/t15-,16+/m1/s1. The maximum atomic E-state index is 9.75. The lowest BCUT2D eigenvalue weighted by Crippen LogP contribution is -2.63. The van der Waals surface area contributed by atoms with Crippen molar-refractivity contribution >= 4 is 0 Å². The Morgan fingerprint density at radius 2 is 2.15 bits per heavy atom. The minimum Gasteiger partial charge on any atom is -0.393 e. The molecule has 0 radical (unpaired) electrons. The van der Waals surface area contributed by atoms with Crippen molar-refractivity contribution in [3.63, 3.8) is 0 Å². The van der Waals surface area contributed by atoms with Crippen LogP contribution in [0.15, 0.2) is 30.3 Å². The van der Waals surface area contributed by atoms with Crippen LogP contribution in [0.1, 0.15) is 19.4 Å². The van der Waals surface area contributed by atoms with Gasteiger partial charge >= 0.3 is 0 Å². The van der Waals surface area contributed by atoms with Crippen LogP contribution in [0.4, 0.5) is 0 Å². The van der Waals surface area contributed by atoms with Crippen LogP contribution < -0.4 is 0 Å². The van der Waals surface area contributed by atoms with E-state index < -0.39 is 5.54 Å². The zero-order chi connectivity index (χ0) is 14.6. The Morgan fingerprint density at radius 3 is 2.70 bits per heavy atom. The van der Waals surface area contributed by atoms with E-state index in [9.17, 15) is 10.4 Å². The van der Waals surface area contributed by atoms with Crippen LogP contribution in [-0.2, 0) is 11.3 Å². The van der Waals surface area contributed by atoms with Crippen LogP contribution >= 0.6 is 0 Å². The fraction of sp³-hybridized carbons (Fsp3) is 0.562. The molecule has 1 saturated heterocycles. The van der Waals surface area contributed by atoms with E-state index in [2.05, 4.69) is 24.8 Å². The number of aliphatic hydroxyl groups excluding tert-OH is 1. The summed E-state index contributed by atoms with van der Waals surface area (Å²) in [4.78, 5) is 2.11. The van der Waals surface area contributed by atoms with Gasteiger partial charge in [-0.15, -0.1) is 0 Å². The molecule has 0 bridgehead atoms. The zero-order valence-corrected chi connectivity index (χ0v) is 12.1. The second-order valence-corrected chi connectivity index (χ2v) is 5.74. The van der Waals surface area contributed by atoms with E-state index in [1.807, 2.05) is 30.3 Å². The quantitative estimate of drug-likeness (QED) is 0.909. The highest BCUT2D eigenvalue weighted by atomic mass is 16.5. The lowest BCUT2D eigenvalue weighted by Gasteiger charge is -2.47. The second-order valence-electron chi connectivity index (χ2n) is 5.74. The Hall–Kier alpha value is -1.41. The number of hydrogen-bond donors (Lipinski definition) is 1. The smallest absolute Gasteiger partial charge is 0.156 e. The molecule has 1 N–H and O–H groups in total. The molecule has 108 valence electrons. The summed E-state index contributed by atoms with van der Waals surface area (Å²) < 4.78 is 5.58. The highest BCUT2D eigenvalue weighted by Crippen LogP contribution is 2.29. The van der Waals surface area contributed by atoms with E-state index in [4.69, 9.17) is 4.74 Å². The van der Waals surface area contributed by atoms with Crippen LogP contribution in [0.2, 0.25) is 0 Å². The van der Waals surface area contributed by atoms with Crippen molar-refractivity contribution in [2.45, 2.75) is 32.0 Å². The molecule has 0 spiro atoms. The topological polar surface area (TPSA) is 56.5 Å². The molecule has 0 unspecified atom stereocenters. The number of aliphatic hydroxyl groups is 1. The number of benzene rings is 1. The Kier molecular flexibility index (Phi) is 4.77. The maximum Gasteiger partial charge on any atom is 0.156 e. The monoisotopic (exact) mass is 274 g/mol. The van der Waals surface area contributed by atoms with E-state index in [1.165, 1.54) is 0 Å². The molecule has 20 heavy (non-hydrogen) atoms. The largest absolute Gasteiger partial charge is 0.393 e. The fourth-order valence-electron chi connectivity index (χ4n) is 2.71. The van der Waals surface area contributed by atoms with Crippen LogP contribution in [0, 0.1) is 17.2 Å². The molecule has 4 heteroatoms. The molecule has 0 amide bonds. The lowest BCUT2D eigenvalue weighted by atomic mass is 9.91. The van der Waals surface area contributed by atoms with Gasteiger partial charge in [0.05, 0.1) is 25.9 Å². The Bertz CT molecular complexity index is 469. The van der Waals surface area contributed by atoms with Gasteiger partial charge in [-0.2, -0.15) is 5.26 Å². The summed E-state index contributed by atoms with van der Waals surface area (Å²) in [5.74, 6) is 0.360. The minimum absolute atomic E-state index is 0.135.